The van der Waals surface area contributed by atoms with E-state index in [4.69, 9.17) is 4.74 Å². The van der Waals surface area contributed by atoms with Gasteiger partial charge in [0.1, 0.15) is 21.6 Å². The van der Waals surface area contributed by atoms with Gasteiger partial charge in [-0.25, -0.2) is 8.42 Å². The zero-order valence-electron chi connectivity index (χ0n) is 17.0. The monoisotopic (exact) mass is 412 g/mol. The molecule has 0 heterocycles. The summed E-state index contributed by atoms with van der Waals surface area (Å²) in [6.07, 6.45) is 10.3. The number of hydrogen-bond acceptors (Lipinski definition) is 4. The molecule has 0 aromatic heterocycles. The number of benzene rings is 2. The Bertz CT molecular complexity index is 791. The molecule has 28 heavy (non-hydrogen) atoms. The van der Waals surface area contributed by atoms with Crippen LogP contribution in [0.2, 0.25) is 0 Å². The van der Waals surface area contributed by atoms with E-state index in [2.05, 4.69) is 6.92 Å². The maximum absolute atomic E-state index is 11.7. The van der Waals surface area contributed by atoms with Crippen LogP contribution in [0.15, 0.2) is 53.4 Å². The summed E-state index contributed by atoms with van der Waals surface area (Å²) >= 11 is 0. The number of aryl methyl sites for hydroxylation is 1. The fourth-order valence-electron chi connectivity index (χ4n) is 3.13. The molecule has 2 aromatic rings. The number of rotatable bonds is 12. The first-order valence-electron chi connectivity index (χ1n) is 9.83. The summed E-state index contributed by atoms with van der Waals surface area (Å²) in [5, 5.41) is 0. The Balaban J connectivity index is 0.00000392. The van der Waals surface area contributed by atoms with Crippen molar-refractivity contribution in [1.82, 2.24) is 0 Å². The average Bonchev–Trinajstić information content (AvgIpc) is 2.65. The first kappa shape index (κ1) is 25.2. The van der Waals surface area contributed by atoms with Crippen molar-refractivity contribution in [2.75, 3.05) is 0 Å². The number of para-hydroxylation sites is 2. The normalized spacial score (nSPS) is 11.1. The molecule has 0 atom stereocenters. The smallest absolute Gasteiger partial charge is 0.744 e. The van der Waals surface area contributed by atoms with E-state index in [0.717, 1.165) is 18.4 Å². The molecule has 0 radical (unpaired) electrons. The van der Waals surface area contributed by atoms with E-state index < -0.39 is 10.1 Å². The minimum atomic E-state index is -4.60. The maximum atomic E-state index is 11.7. The van der Waals surface area contributed by atoms with Crippen LogP contribution in [0, 0.1) is 0 Å². The van der Waals surface area contributed by atoms with Crippen molar-refractivity contribution in [1.29, 1.82) is 0 Å². The van der Waals surface area contributed by atoms with E-state index in [9.17, 15) is 13.0 Å². The second-order valence-electron chi connectivity index (χ2n) is 6.84. The van der Waals surface area contributed by atoms with Gasteiger partial charge in [0.15, 0.2) is 0 Å². The molecule has 0 saturated carbocycles. The molecule has 0 aliphatic heterocycles. The molecule has 148 valence electrons. The second kappa shape index (κ2) is 13.4. The summed E-state index contributed by atoms with van der Waals surface area (Å²) in [7, 11) is -4.60. The van der Waals surface area contributed by atoms with Gasteiger partial charge in [0.25, 0.3) is 0 Å². The summed E-state index contributed by atoms with van der Waals surface area (Å²) in [5.74, 6) is 0.687. The van der Waals surface area contributed by atoms with Crippen LogP contribution >= 0.6 is 0 Å². The van der Waals surface area contributed by atoms with Crippen molar-refractivity contribution in [2.24, 2.45) is 0 Å². The van der Waals surface area contributed by atoms with Crippen LogP contribution in [0.25, 0.3) is 0 Å². The van der Waals surface area contributed by atoms with Gasteiger partial charge < -0.3 is 9.29 Å². The first-order chi connectivity index (χ1) is 13.0. The molecule has 6 heteroatoms. The third-order valence-corrected chi connectivity index (χ3v) is 5.45. The molecule has 0 unspecified atom stereocenters. The molecule has 0 amide bonds. The van der Waals surface area contributed by atoms with Crippen molar-refractivity contribution in [3.63, 3.8) is 0 Å². The van der Waals surface area contributed by atoms with Crippen molar-refractivity contribution >= 4 is 10.1 Å². The van der Waals surface area contributed by atoms with Gasteiger partial charge in [0.05, 0.1) is 4.90 Å². The van der Waals surface area contributed by atoms with Gasteiger partial charge in [-0.2, -0.15) is 0 Å². The van der Waals surface area contributed by atoms with Crippen molar-refractivity contribution in [3.05, 3.63) is 54.1 Å². The fourth-order valence-corrected chi connectivity index (χ4v) is 3.77. The molecule has 2 rings (SSSR count). The molecule has 2 aromatic carbocycles. The van der Waals surface area contributed by atoms with Crippen LogP contribution in [0.1, 0.15) is 63.9 Å². The Hall–Kier alpha value is -0.850. The Morgan fingerprint density at radius 1 is 0.821 bits per heavy atom. The molecule has 0 bridgehead atoms. The zero-order chi connectivity index (χ0) is 19.5. The van der Waals surface area contributed by atoms with Gasteiger partial charge in [-0.15, -0.1) is 0 Å². The predicted molar refractivity (Wildman–Crippen MR) is 107 cm³/mol. The Kier molecular flexibility index (Phi) is 12.0. The molecule has 0 aliphatic carbocycles. The van der Waals surface area contributed by atoms with Crippen LogP contribution in [0.5, 0.6) is 11.5 Å². The number of unbranched alkanes of at least 4 members (excludes halogenated alkanes) is 7. The van der Waals surface area contributed by atoms with Crippen molar-refractivity contribution in [2.45, 2.75) is 69.6 Å². The van der Waals surface area contributed by atoms with Crippen LogP contribution in [-0.2, 0) is 16.5 Å². The number of hydrogen-bond donors (Lipinski definition) is 0. The van der Waals surface area contributed by atoms with E-state index in [1.807, 2.05) is 24.3 Å². The third-order valence-electron chi connectivity index (χ3n) is 4.59. The van der Waals surface area contributed by atoms with Gasteiger partial charge in [0.2, 0.25) is 0 Å². The van der Waals surface area contributed by atoms with Gasteiger partial charge in [0, 0.05) is 0 Å². The van der Waals surface area contributed by atoms with Gasteiger partial charge in [-0.05, 0) is 36.6 Å². The SMILES string of the molecule is CCCCCCCCCCc1cccc(S(=O)(=O)[O-])c1Oc1ccccc1.[Na+]. The Morgan fingerprint density at radius 3 is 2.04 bits per heavy atom. The molecule has 0 saturated heterocycles. The Labute approximate surface area is 191 Å². The van der Waals surface area contributed by atoms with Crippen LogP contribution in [0.4, 0.5) is 0 Å². The quantitative estimate of drug-likeness (QED) is 0.305. The molecule has 0 fully saturated rings. The van der Waals surface area contributed by atoms with Crippen LogP contribution in [0.3, 0.4) is 0 Å². The zero-order valence-corrected chi connectivity index (χ0v) is 19.8. The third kappa shape index (κ3) is 8.66. The molecule has 0 spiro atoms. The fraction of sp³-hybridized carbons (Fsp3) is 0.455. The summed E-state index contributed by atoms with van der Waals surface area (Å²) in [5.41, 5.74) is 0.766. The minimum absolute atomic E-state index is 0. The minimum Gasteiger partial charge on any atom is -0.744 e. The van der Waals surface area contributed by atoms with Gasteiger partial charge in [-0.3, -0.25) is 0 Å². The number of ether oxygens (including phenoxy) is 1. The first-order valence-corrected chi connectivity index (χ1v) is 11.2. The molecular weight excluding hydrogens is 383 g/mol. The van der Waals surface area contributed by atoms with Crippen LogP contribution in [-0.4, -0.2) is 13.0 Å². The standard InChI is InChI=1S/C22H30O4S.Na/c1-2-3-4-5-6-7-8-10-14-19-15-13-18-21(27(23,24)25)22(19)26-20-16-11-9-12-17-20;/h9,11-13,15-18H,2-8,10,14H2,1H3,(H,23,24,25);/q;+1/p-1. The largest absolute Gasteiger partial charge is 1.00 e. The van der Waals surface area contributed by atoms with E-state index in [0.29, 0.717) is 12.2 Å². The summed E-state index contributed by atoms with van der Waals surface area (Å²) in [6.45, 7) is 2.21. The molecule has 4 nitrogen and oxygen atoms in total. The van der Waals surface area contributed by atoms with Crippen LogP contribution < -0.4 is 34.3 Å². The topological polar surface area (TPSA) is 66.4 Å². The van der Waals surface area contributed by atoms with E-state index in [1.54, 1.807) is 18.2 Å². The maximum Gasteiger partial charge on any atom is 1.00 e. The summed E-state index contributed by atoms with van der Waals surface area (Å²) in [6, 6.07) is 13.7. The summed E-state index contributed by atoms with van der Waals surface area (Å²) < 4.78 is 40.8. The van der Waals surface area contributed by atoms with E-state index in [-0.39, 0.29) is 40.2 Å². The predicted octanol–water partition coefficient (Wildman–Crippen LogP) is 3.07. The van der Waals surface area contributed by atoms with Gasteiger partial charge in [-0.1, -0.05) is 82.2 Å². The van der Waals surface area contributed by atoms with Crippen molar-refractivity contribution < 1.29 is 47.3 Å². The Morgan fingerprint density at radius 2 is 1.43 bits per heavy atom. The molecule has 0 aliphatic rings. The molecule has 0 N–H and O–H groups in total. The molecular formula is C22H29NaO4S. The average molecular weight is 413 g/mol. The summed E-state index contributed by atoms with van der Waals surface area (Å²) in [4.78, 5) is -0.289. The van der Waals surface area contributed by atoms with Gasteiger partial charge >= 0.3 is 29.6 Å². The van der Waals surface area contributed by atoms with E-state index in [1.165, 1.54) is 44.6 Å². The second-order valence-corrected chi connectivity index (χ2v) is 8.19. The van der Waals surface area contributed by atoms with E-state index >= 15 is 0 Å². The van der Waals surface area contributed by atoms with Crippen molar-refractivity contribution in [3.8, 4) is 11.5 Å².